The van der Waals surface area contributed by atoms with Crippen LogP contribution in [0, 0.1) is 5.92 Å². The molecule has 2 radical (unpaired) electrons. The van der Waals surface area contributed by atoms with Crippen LogP contribution < -0.4 is 0 Å². The molecule has 0 bridgehead atoms. The molecule has 0 fully saturated rings. The Morgan fingerprint density at radius 2 is 1.88 bits per heavy atom. The van der Waals surface area contributed by atoms with Gasteiger partial charge in [0.1, 0.15) is 0 Å². The Balaban J connectivity index is 3.33. The maximum Gasteiger partial charge on any atom is 0.0902 e. The van der Waals surface area contributed by atoms with E-state index in [9.17, 15) is 0 Å². The first-order valence-corrected chi connectivity index (χ1v) is 7.21. The molecule has 0 saturated carbocycles. The zero-order chi connectivity index (χ0) is 12.9. The third-order valence-corrected chi connectivity index (χ3v) is 3.03. The topological polar surface area (TPSA) is 9.23 Å². The van der Waals surface area contributed by atoms with Crippen molar-refractivity contribution in [2.24, 2.45) is 5.92 Å². The summed E-state index contributed by atoms with van der Waals surface area (Å²) in [6, 6.07) is 0. The van der Waals surface area contributed by atoms with Crippen molar-refractivity contribution in [1.82, 2.24) is 0 Å². The van der Waals surface area contributed by atoms with Crippen molar-refractivity contribution in [2.45, 2.75) is 71.5 Å². The van der Waals surface area contributed by atoms with E-state index >= 15 is 0 Å². The second kappa shape index (κ2) is 12.1. The number of hydrogen-bond donors (Lipinski definition) is 0. The highest BCUT2D eigenvalue weighted by molar-refractivity contribution is 6.08. The lowest BCUT2D eigenvalue weighted by Gasteiger charge is -2.14. The molecule has 1 unspecified atom stereocenters. The molecular weight excluding hydrogens is 207 g/mol. The summed E-state index contributed by atoms with van der Waals surface area (Å²) in [5.41, 5.74) is 0. The van der Waals surface area contributed by atoms with Gasteiger partial charge >= 0.3 is 0 Å². The summed E-state index contributed by atoms with van der Waals surface area (Å²) in [6.07, 6.45) is 10.6. The number of ether oxygens (including phenoxy) is 1. The standard InChI is InChI=1S/C15H29BO/c1-4-5-6-7-8-10-14(2)13-17-15(3)11-9-12-16/h14H,3-13H2,1-2H3. The van der Waals surface area contributed by atoms with Crippen LogP contribution in [0.4, 0.5) is 0 Å². The van der Waals surface area contributed by atoms with Crippen molar-refractivity contribution in [3.05, 3.63) is 12.3 Å². The van der Waals surface area contributed by atoms with Crippen molar-refractivity contribution in [2.75, 3.05) is 6.61 Å². The van der Waals surface area contributed by atoms with E-state index in [-0.39, 0.29) is 0 Å². The van der Waals surface area contributed by atoms with Crippen molar-refractivity contribution in [3.8, 4) is 0 Å². The first-order valence-electron chi connectivity index (χ1n) is 7.21. The Morgan fingerprint density at radius 1 is 1.18 bits per heavy atom. The van der Waals surface area contributed by atoms with Crippen LogP contribution in [0.15, 0.2) is 12.3 Å². The largest absolute Gasteiger partial charge is 0.498 e. The minimum absolute atomic E-state index is 0.645. The molecule has 0 aliphatic carbocycles. The summed E-state index contributed by atoms with van der Waals surface area (Å²) in [5, 5.41) is 0. The Kier molecular flexibility index (Phi) is 11.8. The van der Waals surface area contributed by atoms with E-state index in [4.69, 9.17) is 12.6 Å². The molecular formula is C15H29BO. The van der Waals surface area contributed by atoms with Gasteiger partial charge in [0.2, 0.25) is 0 Å². The molecule has 0 heterocycles. The van der Waals surface area contributed by atoms with Gasteiger partial charge in [-0.1, -0.05) is 65.3 Å². The zero-order valence-corrected chi connectivity index (χ0v) is 11.8. The molecule has 0 spiro atoms. The van der Waals surface area contributed by atoms with E-state index in [0.29, 0.717) is 5.92 Å². The lowest BCUT2D eigenvalue weighted by atomic mass is 10.00. The Hall–Kier alpha value is -0.395. The third-order valence-electron chi connectivity index (χ3n) is 3.03. The zero-order valence-electron chi connectivity index (χ0n) is 11.8. The molecule has 0 saturated heterocycles. The molecule has 0 aromatic carbocycles. The Bertz CT molecular complexity index is 180. The van der Waals surface area contributed by atoms with Crippen molar-refractivity contribution in [3.63, 3.8) is 0 Å². The minimum Gasteiger partial charge on any atom is -0.498 e. The van der Waals surface area contributed by atoms with Crippen LogP contribution in [0.5, 0.6) is 0 Å². The van der Waals surface area contributed by atoms with E-state index in [0.717, 1.165) is 31.5 Å². The molecule has 0 aliphatic rings. The molecule has 0 aliphatic heterocycles. The maximum atomic E-state index is 5.63. The summed E-state index contributed by atoms with van der Waals surface area (Å²) in [6.45, 7) is 9.24. The van der Waals surface area contributed by atoms with Crippen LogP contribution in [0.3, 0.4) is 0 Å². The molecule has 17 heavy (non-hydrogen) atoms. The van der Waals surface area contributed by atoms with Gasteiger partial charge in [-0.05, 0) is 12.3 Å². The predicted molar refractivity (Wildman–Crippen MR) is 77.4 cm³/mol. The summed E-state index contributed by atoms with van der Waals surface area (Å²) in [4.78, 5) is 0. The van der Waals surface area contributed by atoms with Crippen LogP contribution in [-0.4, -0.2) is 14.5 Å². The van der Waals surface area contributed by atoms with Crippen molar-refractivity contribution in [1.29, 1.82) is 0 Å². The van der Waals surface area contributed by atoms with E-state index in [2.05, 4.69) is 20.4 Å². The highest BCUT2D eigenvalue weighted by Gasteiger charge is 2.03. The number of unbranched alkanes of at least 4 members (excludes halogenated alkanes) is 4. The van der Waals surface area contributed by atoms with Gasteiger partial charge in [-0.2, -0.15) is 0 Å². The fourth-order valence-corrected chi connectivity index (χ4v) is 1.81. The van der Waals surface area contributed by atoms with Gasteiger partial charge in [-0.3, -0.25) is 0 Å². The molecule has 2 heteroatoms. The van der Waals surface area contributed by atoms with Crippen LogP contribution in [0.1, 0.15) is 65.2 Å². The highest BCUT2D eigenvalue weighted by Crippen LogP contribution is 2.14. The van der Waals surface area contributed by atoms with E-state index in [1.54, 1.807) is 0 Å². The van der Waals surface area contributed by atoms with Gasteiger partial charge in [0, 0.05) is 6.42 Å². The summed E-state index contributed by atoms with van der Waals surface area (Å²) < 4.78 is 5.63. The molecule has 0 aromatic heterocycles. The fourth-order valence-electron chi connectivity index (χ4n) is 1.81. The monoisotopic (exact) mass is 236 g/mol. The van der Waals surface area contributed by atoms with Gasteiger partial charge in [0.15, 0.2) is 0 Å². The van der Waals surface area contributed by atoms with Crippen molar-refractivity contribution < 1.29 is 4.74 Å². The quantitative estimate of drug-likeness (QED) is 0.266. The number of hydrogen-bond acceptors (Lipinski definition) is 1. The lowest BCUT2D eigenvalue weighted by Crippen LogP contribution is -2.05. The van der Waals surface area contributed by atoms with E-state index in [1.807, 2.05) is 0 Å². The summed E-state index contributed by atoms with van der Waals surface area (Å²) in [5.74, 6) is 1.54. The summed E-state index contributed by atoms with van der Waals surface area (Å²) >= 11 is 0. The van der Waals surface area contributed by atoms with Gasteiger partial charge < -0.3 is 4.74 Å². The van der Waals surface area contributed by atoms with Gasteiger partial charge in [-0.15, -0.1) is 0 Å². The average Bonchev–Trinajstić information content (AvgIpc) is 2.33. The van der Waals surface area contributed by atoms with E-state index in [1.165, 1.54) is 38.5 Å². The second-order valence-corrected chi connectivity index (χ2v) is 5.05. The SMILES string of the molecule is [B]CCCC(=C)OCC(C)CCCCCCC. The van der Waals surface area contributed by atoms with Crippen LogP contribution in [-0.2, 0) is 4.74 Å². The molecule has 1 nitrogen and oxygen atoms in total. The fraction of sp³-hybridized carbons (Fsp3) is 0.867. The molecule has 0 N–H and O–H groups in total. The van der Waals surface area contributed by atoms with E-state index < -0.39 is 0 Å². The molecule has 0 rings (SSSR count). The van der Waals surface area contributed by atoms with Crippen LogP contribution >= 0.6 is 0 Å². The Labute approximate surface area is 109 Å². The second-order valence-electron chi connectivity index (χ2n) is 5.05. The lowest BCUT2D eigenvalue weighted by molar-refractivity contribution is 0.159. The smallest absolute Gasteiger partial charge is 0.0902 e. The number of allylic oxidation sites excluding steroid dienone is 1. The molecule has 0 amide bonds. The van der Waals surface area contributed by atoms with Gasteiger partial charge in [-0.25, -0.2) is 0 Å². The third kappa shape index (κ3) is 11.9. The normalized spacial score (nSPS) is 12.4. The van der Waals surface area contributed by atoms with Gasteiger partial charge in [0.05, 0.1) is 20.2 Å². The molecule has 98 valence electrons. The highest BCUT2D eigenvalue weighted by atomic mass is 16.5. The van der Waals surface area contributed by atoms with Crippen molar-refractivity contribution >= 4 is 7.85 Å². The average molecular weight is 236 g/mol. The molecule has 1 atom stereocenters. The number of rotatable bonds is 12. The van der Waals surface area contributed by atoms with Gasteiger partial charge in [0.25, 0.3) is 0 Å². The first-order chi connectivity index (χ1) is 8.20. The summed E-state index contributed by atoms with van der Waals surface area (Å²) in [7, 11) is 5.44. The molecule has 0 aromatic rings. The predicted octanol–water partition coefficient (Wildman–Crippen LogP) is 4.88. The van der Waals surface area contributed by atoms with Crippen LogP contribution in [0.2, 0.25) is 6.32 Å². The minimum atomic E-state index is 0.645. The maximum absolute atomic E-state index is 5.63. The Morgan fingerprint density at radius 3 is 2.53 bits per heavy atom. The van der Waals surface area contributed by atoms with Crippen LogP contribution in [0.25, 0.3) is 0 Å². The first kappa shape index (κ1) is 16.6.